The zero-order valence-electron chi connectivity index (χ0n) is 20.2. The van der Waals surface area contributed by atoms with E-state index in [4.69, 9.17) is 9.84 Å². The number of nitrogens with one attached hydrogen (secondary N) is 2. The lowest BCUT2D eigenvalue weighted by Gasteiger charge is -2.28. The summed E-state index contributed by atoms with van der Waals surface area (Å²) < 4.78 is 20.4. The number of aryl methyl sites for hydroxylation is 1. The van der Waals surface area contributed by atoms with E-state index in [1.54, 1.807) is 27.8 Å². The number of anilines is 1. The highest BCUT2D eigenvalue weighted by molar-refractivity contribution is 6.43. The number of Topliss-reactive ketones (excluding diaryl/α,β-unsaturated/α-hetero) is 1. The SMILES string of the molecule is Cc1cc(NC(=O)c2c(C)c(C(=O)C(=O)N[C@H]3CC[C@@H](OCC(=O)O)CC3)n(C)c2C)ccc1F. The number of rotatable bonds is 8. The van der Waals surface area contributed by atoms with E-state index >= 15 is 0 Å². The highest BCUT2D eigenvalue weighted by Gasteiger charge is 2.31. The van der Waals surface area contributed by atoms with E-state index in [9.17, 15) is 23.6 Å². The minimum Gasteiger partial charge on any atom is -0.480 e. The maximum atomic E-state index is 13.5. The van der Waals surface area contributed by atoms with Gasteiger partial charge in [0.25, 0.3) is 17.6 Å². The third-order valence-electron chi connectivity index (χ3n) is 6.45. The van der Waals surface area contributed by atoms with Gasteiger partial charge in [0.1, 0.15) is 12.4 Å². The fraction of sp³-hybridized carbons (Fsp3) is 0.440. The third-order valence-corrected chi connectivity index (χ3v) is 6.45. The predicted octanol–water partition coefficient (Wildman–Crippen LogP) is 3.05. The highest BCUT2D eigenvalue weighted by Crippen LogP contribution is 2.25. The summed E-state index contributed by atoms with van der Waals surface area (Å²) in [6, 6.07) is 4.01. The Kier molecular flexibility index (Phi) is 8.06. The number of carboxylic acid groups (broad SMARTS) is 1. The first-order chi connectivity index (χ1) is 16.5. The van der Waals surface area contributed by atoms with Crippen molar-refractivity contribution < 1.29 is 33.4 Å². The maximum absolute atomic E-state index is 13.5. The second kappa shape index (κ2) is 10.8. The first-order valence-corrected chi connectivity index (χ1v) is 11.4. The van der Waals surface area contributed by atoms with E-state index in [0.29, 0.717) is 48.2 Å². The van der Waals surface area contributed by atoms with Crippen molar-refractivity contribution in [2.24, 2.45) is 7.05 Å². The first kappa shape index (κ1) is 26.1. The molecule has 0 radical (unpaired) electrons. The summed E-state index contributed by atoms with van der Waals surface area (Å²) in [6.07, 6.45) is 2.13. The Hall–Kier alpha value is -3.53. The number of benzene rings is 1. The summed E-state index contributed by atoms with van der Waals surface area (Å²) in [5.41, 5.74) is 2.11. The number of carbonyl (C=O) groups excluding carboxylic acids is 3. The number of hydrogen-bond acceptors (Lipinski definition) is 5. The summed E-state index contributed by atoms with van der Waals surface area (Å²) in [4.78, 5) is 49.4. The molecule has 188 valence electrons. The zero-order valence-corrected chi connectivity index (χ0v) is 20.2. The number of halogens is 1. The number of ether oxygens (including phenoxy) is 1. The topological polar surface area (TPSA) is 127 Å². The van der Waals surface area contributed by atoms with Crippen LogP contribution in [-0.4, -0.2) is 52.0 Å². The zero-order chi connectivity index (χ0) is 25.9. The van der Waals surface area contributed by atoms with Crippen molar-refractivity contribution in [1.82, 2.24) is 9.88 Å². The molecule has 9 nitrogen and oxygen atoms in total. The van der Waals surface area contributed by atoms with E-state index in [-0.39, 0.29) is 35.8 Å². The minimum atomic E-state index is -1.03. The van der Waals surface area contributed by atoms with Crippen LogP contribution < -0.4 is 10.6 Å². The fourth-order valence-electron chi connectivity index (χ4n) is 4.47. The molecule has 3 rings (SSSR count). The average molecular weight is 488 g/mol. The number of carboxylic acids is 1. The lowest BCUT2D eigenvalue weighted by molar-refractivity contribution is -0.145. The van der Waals surface area contributed by atoms with Crippen LogP contribution in [0.3, 0.4) is 0 Å². The molecule has 35 heavy (non-hydrogen) atoms. The van der Waals surface area contributed by atoms with Gasteiger partial charge in [0.05, 0.1) is 17.4 Å². The molecule has 1 aliphatic rings. The van der Waals surface area contributed by atoms with Crippen LogP contribution in [0.25, 0.3) is 0 Å². The van der Waals surface area contributed by atoms with E-state index < -0.39 is 23.6 Å². The van der Waals surface area contributed by atoms with Crippen LogP contribution in [0.4, 0.5) is 10.1 Å². The Labute approximate surface area is 202 Å². The van der Waals surface area contributed by atoms with Gasteiger partial charge in [-0.05, 0) is 75.8 Å². The van der Waals surface area contributed by atoms with Crippen molar-refractivity contribution in [1.29, 1.82) is 0 Å². The van der Waals surface area contributed by atoms with Crippen LogP contribution in [-0.2, 0) is 21.4 Å². The number of carbonyl (C=O) groups is 4. The number of aliphatic carboxylic acids is 1. The van der Waals surface area contributed by atoms with Gasteiger partial charge in [0, 0.05) is 24.5 Å². The van der Waals surface area contributed by atoms with E-state index in [1.165, 1.54) is 22.8 Å². The molecule has 1 fully saturated rings. The molecule has 1 heterocycles. The predicted molar refractivity (Wildman–Crippen MR) is 126 cm³/mol. The van der Waals surface area contributed by atoms with E-state index in [2.05, 4.69) is 10.6 Å². The molecule has 0 atom stereocenters. The highest BCUT2D eigenvalue weighted by atomic mass is 19.1. The van der Waals surface area contributed by atoms with Gasteiger partial charge < -0.3 is 25.0 Å². The summed E-state index contributed by atoms with van der Waals surface area (Å²) >= 11 is 0. The lowest BCUT2D eigenvalue weighted by Crippen LogP contribution is -2.43. The molecule has 2 aromatic rings. The van der Waals surface area contributed by atoms with Crippen LogP contribution in [0.1, 0.15) is 63.4 Å². The molecule has 10 heteroatoms. The molecule has 0 spiro atoms. The fourth-order valence-corrected chi connectivity index (χ4v) is 4.47. The first-order valence-electron chi connectivity index (χ1n) is 11.4. The van der Waals surface area contributed by atoms with Crippen molar-refractivity contribution in [3.05, 3.63) is 52.1 Å². The normalized spacial score (nSPS) is 17.6. The number of nitrogens with zero attached hydrogens (tertiary/aromatic N) is 1. The lowest BCUT2D eigenvalue weighted by atomic mass is 9.92. The quantitative estimate of drug-likeness (QED) is 0.388. The van der Waals surface area contributed by atoms with Crippen molar-refractivity contribution in [2.45, 2.75) is 58.6 Å². The Morgan fingerprint density at radius 3 is 2.37 bits per heavy atom. The number of hydrogen-bond donors (Lipinski definition) is 3. The van der Waals surface area contributed by atoms with Crippen LogP contribution >= 0.6 is 0 Å². The molecule has 2 amide bonds. The average Bonchev–Trinajstić information content (AvgIpc) is 3.03. The molecular weight excluding hydrogens is 457 g/mol. The largest absolute Gasteiger partial charge is 0.480 e. The molecule has 0 aliphatic heterocycles. The van der Waals surface area contributed by atoms with Crippen molar-refractivity contribution in [3.8, 4) is 0 Å². The molecule has 0 bridgehead atoms. The molecule has 1 aliphatic carbocycles. The van der Waals surface area contributed by atoms with Gasteiger partial charge in [-0.1, -0.05) is 0 Å². The summed E-state index contributed by atoms with van der Waals surface area (Å²) in [7, 11) is 1.62. The molecule has 1 saturated carbocycles. The third kappa shape index (κ3) is 5.94. The van der Waals surface area contributed by atoms with Crippen LogP contribution in [0.2, 0.25) is 0 Å². The monoisotopic (exact) mass is 487 g/mol. The summed E-state index contributed by atoms with van der Waals surface area (Å²) in [5, 5.41) is 14.2. The van der Waals surface area contributed by atoms with Gasteiger partial charge in [0.2, 0.25) is 0 Å². The van der Waals surface area contributed by atoms with Gasteiger partial charge in [0.15, 0.2) is 0 Å². The minimum absolute atomic E-state index is 0.124. The Morgan fingerprint density at radius 1 is 1.11 bits per heavy atom. The van der Waals surface area contributed by atoms with Crippen molar-refractivity contribution in [3.63, 3.8) is 0 Å². The molecule has 1 aromatic carbocycles. The molecule has 3 N–H and O–H groups in total. The number of aromatic nitrogens is 1. The van der Waals surface area contributed by atoms with Gasteiger partial charge >= 0.3 is 5.97 Å². The van der Waals surface area contributed by atoms with Crippen LogP contribution in [0.5, 0.6) is 0 Å². The molecule has 0 unspecified atom stereocenters. The Morgan fingerprint density at radius 2 is 1.77 bits per heavy atom. The second-order valence-corrected chi connectivity index (χ2v) is 8.89. The standard InChI is InChI=1S/C25H30FN3O6/c1-13-11-17(7-10-19(13)26)28-24(33)21-14(2)22(29(4)15(21)3)23(32)25(34)27-16-5-8-18(9-6-16)35-12-20(30)31/h7,10-11,16,18H,5-6,8-9,12H2,1-4H3,(H,27,34)(H,28,33)(H,30,31)/t16-,18+. The van der Waals surface area contributed by atoms with Gasteiger partial charge in [-0.2, -0.15) is 0 Å². The van der Waals surface area contributed by atoms with Crippen LogP contribution in [0.15, 0.2) is 18.2 Å². The molecular formula is C25H30FN3O6. The number of ketones is 1. The van der Waals surface area contributed by atoms with Crippen molar-refractivity contribution in [2.75, 3.05) is 11.9 Å². The van der Waals surface area contributed by atoms with Crippen molar-refractivity contribution >= 4 is 29.3 Å². The second-order valence-electron chi connectivity index (χ2n) is 8.89. The van der Waals surface area contributed by atoms with E-state index in [1.807, 2.05) is 0 Å². The summed E-state index contributed by atoms with van der Waals surface area (Å²) in [6.45, 7) is 4.53. The smallest absolute Gasteiger partial charge is 0.329 e. The van der Waals surface area contributed by atoms with Gasteiger partial charge in [-0.15, -0.1) is 0 Å². The van der Waals surface area contributed by atoms with Crippen LogP contribution in [0, 0.1) is 26.6 Å². The Bertz CT molecular complexity index is 1160. The maximum Gasteiger partial charge on any atom is 0.329 e. The Balaban J connectivity index is 1.68. The number of amides is 2. The van der Waals surface area contributed by atoms with Gasteiger partial charge in [-0.3, -0.25) is 14.4 Å². The molecule has 0 saturated heterocycles. The summed E-state index contributed by atoms with van der Waals surface area (Å²) in [5.74, 6) is -3.37. The van der Waals surface area contributed by atoms with E-state index in [0.717, 1.165) is 0 Å². The van der Waals surface area contributed by atoms with Gasteiger partial charge in [-0.25, -0.2) is 9.18 Å². The molecule has 1 aromatic heterocycles.